The average Bonchev–Trinajstić information content (AvgIpc) is 3.34. The van der Waals surface area contributed by atoms with Gasteiger partial charge in [0, 0.05) is 38.8 Å². The fraction of sp³-hybridized carbons (Fsp3) is 0.710. The number of aliphatic hydroxyl groups is 1. The van der Waals surface area contributed by atoms with E-state index in [2.05, 4.69) is 0 Å². The first-order chi connectivity index (χ1) is 18.8. The van der Waals surface area contributed by atoms with Crippen molar-refractivity contribution >= 4 is 18.0 Å². The molecule has 9 heteroatoms. The summed E-state index contributed by atoms with van der Waals surface area (Å²) in [5, 5.41) is 11.1. The summed E-state index contributed by atoms with van der Waals surface area (Å²) >= 11 is 0. The fourth-order valence-electron chi connectivity index (χ4n) is 5.08. The van der Waals surface area contributed by atoms with Gasteiger partial charge in [0.25, 0.3) is 0 Å². The van der Waals surface area contributed by atoms with Crippen LogP contribution in [-0.4, -0.2) is 78.8 Å². The molecule has 0 aromatic carbocycles. The molecule has 7 atom stereocenters. The Kier molecular flexibility index (Phi) is 13.4. The van der Waals surface area contributed by atoms with Crippen molar-refractivity contribution in [2.45, 2.75) is 97.5 Å². The Bertz CT molecular complexity index is 940. The van der Waals surface area contributed by atoms with E-state index in [0.29, 0.717) is 26.0 Å². The van der Waals surface area contributed by atoms with Crippen molar-refractivity contribution in [2.75, 3.05) is 26.9 Å². The molecule has 0 saturated carbocycles. The summed E-state index contributed by atoms with van der Waals surface area (Å²) in [6, 6.07) is 0.0667. The summed E-state index contributed by atoms with van der Waals surface area (Å²) in [4.78, 5) is 38.7. The van der Waals surface area contributed by atoms with Crippen molar-refractivity contribution in [3.05, 3.63) is 36.0 Å². The highest BCUT2D eigenvalue weighted by Crippen LogP contribution is 2.28. The lowest BCUT2D eigenvalue weighted by Crippen LogP contribution is -2.41. The molecule has 1 amide bonds. The molecule has 0 aromatic heterocycles. The molecule has 1 saturated heterocycles. The Morgan fingerprint density at radius 3 is 2.65 bits per heavy atom. The van der Waals surface area contributed by atoms with Gasteiger partial charge in [-0.1, -0.05) is 45.1 Å². The average molecular weight is 564 g/mol. The van der Waals surface area contributed by atoms with E-state index in [1.165, 1.54) is 6.92 Å². The van der Waals surface area contributed by atoms with Crippen LogP contribution in [0.15, 0.2) is 36.0 Å². The molecule has 226 valence electrons. The molecule has 0 aliphatic carbocycles. The zero-order chi connectivity index (χ0) is 29.9. The molecular formula is C31H49NO8. The minimum atomic E-state index is -1.26. The van der Waals surface area contributed by atoms with Gasteiger partial charge in [-0.15, -0.1) is 0 Å². The van der Waals surface area contributed by atoms with E-state index < -0.39 is 23.8 Å². The van der Waals surface area contributed by atoms with Gasteiger partial charge in [0.05, 0.1) is 19.3 Å². The Morgan fingerprint density at radius 1 is 1.25 bits per heavy atom. The van der Waals surface area contributed by atoms with Crippen molar-refractivity contribution in [3.63, 3.8) is 0 Å². The molecule has 0 bridgehead atoms. The molecule has 0 radical (unpaired) electrons. The van der Waals surface area contributed by atoms with E-state index in [9.17, 15) is 19.5 Å². The van der Waals surface area contributed by atoms with E-state index in [-0.39, 0.29) is 48.9 Å². The normalized spacial score (nSPS) is 32.1. The van der Waals surface area contributed by atoms with Gasteiger partial charge < -0.3 is 29.0 Å². The third kappa shape index (κ3) is 10.7. The Labute approximate surface area is 239 Å². The van der Waals surface area contributed by atoms with Crippen LogP contribution in [0.3, 0.4) is 0 Å². The summed E-state index contributed by atoms with van der Waals surface area (Å²) in [7, 11) is 1.63. The number of esters is 2. The molecule has 40 heavy (non-hydrogen) atoms. The van der Waals surface area contributed by atoms with Gasteiger partial charge in [0.1, 0.15) is 17.8 Å². The number of methoxy groups -OCH3 is 1. The van der Waals surface area contributed by atoms with Crippen LogP contribution in [0.25, 0.3) is 0 Å². The summed E-state index contributed by atoms with van der Waals surface area (Å²) < 4.78 is 22.1. The lowest BCUT2D eigenvalue weighted by atomic mass is 9.87. The van der Waals surface area contributed by atoms with Gasteiger partial charge in [-0.2, -0.15) is 0 Å². The number of likely N-dealkylation sites (tertiary alicyclic amines) is 1. The zero-order valence-corrected chi connectivity index (χ0v) is 25.3. The maximum Gasteiger partial charge on any atom is 0.410 e. The largest absolute Gasteiger partial charge is 0.457 e. The minimum absolute atomic E-state index is 0.00519. The highest BCUT2D eigenvalue weighted by Gasteiger charge is 2.34. The first-order valence-electron chi connectivity index (χ1n) is 14.4. The minimum Gasteiger partial charge on any atom is -0.457 e. The molecule has 0 unspecified atom stereocenters. The third-order valence-corrected chi connectivity index (χ3v) is 7.58. The molecule has 2 heterocycles. The molecule has 2 aliphatic rings. The van der Waals surface area contributed by atoms with Crippen molar-refractivity contribution in [2.24, 2.45) is 17.8 Å². The monoisotopic (exact) mass is 563 g/mol. The second-order valence-corrected chi connectivity index (χ2v) is 11.7. The predicted octanol–water partition coefficient (Wildman–Crippen LogP) is 4.98. The van der Waals surface area contributed by atoms with Gasteiger partial charge in [-0.25, -0.2) is 4.79 Å². The number of allylic oxidation sites excluding steroid dienone is 2. The Hall–Kier alpha value is -2.65. The second kappa shape index (κ2) is 16.0. The smallest absolute Gasteiger partial charge is 0.410 e. The summed E-state index contributed by atoms with van der Waals surface area (Å²) in [6.45, 7) is 12.2. The lowest BCUT2D eigenvalue weighted by molar-refractivity contribution is -0.156. The number of nitrogens with zero attached hydrogens (tertiary/aromatic N) is 1. The summed E-state index contributed by atoms with van der Waals surface area (Å²) in [6.07, 6.45) is 10.6. The fourth-order valence-corrected chi connectivity index (χ4v) is 5.08. The van der Waals surface area contributed by atoms with E-state index in [1.807, 2.05) is 52.0 Å². The SMILES string of the molecule is COC[C@H]1CCCN1C(=O)OC[C@H](C)/C=C/C=C(\C)[C@H]1OC(=O)C[C@H](C)CC[C@@](C)(O)[C@@H](OC(C)=O)/C=C/[C@@H]1C. The third-order valence-electron chi connectivity index (χ3n) is 7.58. The van der Waals surface area contributed by atoms with Crippen LogP contribution >= 0.6 is 0 Å². The maximum atomic E-state index is 12.8. The van der Waals surface area contributed by atoms with E-state index in [0.717, 1.165) is 18.4 Å². The predicted molar refractivity (Wildman–Crippen MR) is 152 cm³/mol. The van der Waals surface area contributed by atoms with E-state index in [1.54, 1.807) is 25.0 Å². The molecule has 2 aliphatic heterocycles. The van der Waals surface area contributed by atoms with Gasteiger partial charge in [0.2, 0.25) is 0 Å². The van der Waals surface area contributed by atoms with Gasteiger partial charge in [-0.05, 0) is 57.1 Å². The van der Waals surface area contributed by atoms with Crippen LogP contribution in [0.4, 0.5) is 4.79 Å². The number of carbonyl (C=O) groups excluding carboxylic acids is 3. The van der Waals surface area contributed by atoms with Crippen LogP contribution < -0.4 is 0 Å². The highest BCUT2D eigenvalue weighted by molar-refractivity contribution is 5.70. The molecule has 0 aromatic rings. The summed E-state index contributed by atoms with van der Waals surface area (Å²) in [5.74, 6) is -1.02. The topological polar surface area (TPSA) is 112 Å². The molecule has 0 spiro atoms. The van der Waals surface area contributed by atoms with Crippen molar-refractivity contribution in [3.8, 4) is 0 Å². The highest BCUT2D eigenvalue weighted by atomic mass is 16.6. The first-order valence-corrected chi connectivity index (χ1v) is 14.4. The van der Waals surface area contributed by atoms with Gasteiger partial charge >= 0.3 is 18.0 Å². The molecule has 1 N–H and O–H groups in total. The van der Waals surface area contributed by atoms with Crippen LogP contribution in [0.5, 0.6) is 0 Å². The number of carbonyl (C=O) groups is 3. The van der Waals surface area contributed by atoms with Crippen LogP contribution in [0.2, 0.25) is 0 Å². The standard InChI is InChI=1S/C31H49NO8/c1-21-15-16-31(6,36)27(39-25(5)33)14-13-24(4)29(40-28(34)18-21)23(3)11-8-10-22(2)19-38-30(35)32-17-9-12-26(32)20-37-7/h8,10-11,13-14,21-22,24,26-27,29,36H,9,12,15-20H2,1-7H3/b10-8+,14-13+,23-11+/t21-,22-,24+,26-,27+,29-,31-/m1/s1. The lowest BCUT2D eigenvalue weighted by Gasteiger charge is -2.32. The van der Waals surface area contributed by atoms with Crippen LogP contribution in [0.1, 0.15) is 73.6 Å². The first kappa shape index (κ1) is 33.6. The Balaban J connectivity index is 2.09. The molecule has 2 rings (SSSR count). The van der Waals surface area contributed by atoms with Crippen LogP contribution in [0, 0.1) is 17.8 Å². The molecular weight excluding hydrogens is 514 g/mol. The summed E-state index contributed by atoms with van der Waals surface area (Å²) in [5.41, 5.74) is -0.424. The van der Waals surface area contributed by atoms with Gasteiger partial charge in [0.15, 0.2) is 0 Å². The number of hydrogen-bond acceptors (Lipinski definition) is 8. The molecule has 9 nitrogen and oxygen atoms in total. The van der Waals surface area contributed by atoms with Crippen LogP contribution in [-0.2, 0) is 28.5 Å². The van der Waals surface area contributed by atoms with Gasteiger partial charge in [-0.3, -0.25) is 9.59 Å². The maximum absolute atomic E-state index is 12.8. The number of hydrogen-bond donors (Lipinski definition) is 1. The second-order valence-electron chi connectivity index (χ2n) is 11.7. The van der Waals surface area contributed by atoms with Crippen molar-refractivity contribution < 1.29 is 38.4 Å². The number of ether oxygens (including phenoxy) is 4. The quantitative estimate of drug-likeness (QED) is 0.191. The van der Waals surface area contributed by atoms with E-state index >= 15 is 0 Å². The van der Waals surface area contributed by atoms with E-state index in [4.69, 9.17) is 18.9 Å². The zero-order valence-electron chi connectivity index (χ0n) is 25.3. The Morgan fingerprint density at radius 2 is 1.98 bits per heavy atom. The van der Waals surface area contributed by atoms with Crippen molar-refractivity contribution in [1.29, 1.82) is 0 Å². The number of amides is 1. The van der Waals surface area contributed by atoms with Crippen molar-refractivity contribution in [1.82, 2.24) is 4.90 Å². The molecule has 1 fully saturated rings. The number of rotatable bonds is 8. The number of cyclic esters (lactones) is 1.